The van der Waals surface area contributed by atoms with Crippen LogP contribution in [-0.2, 0) is 4.79 Å². The van der Waals surface area contributed by atoms with E-state index >= 15 is 0 Å². The fourth-order valence-electron chi connectivity index (χ4n) is 4.79. The van der Waals surface area contributed by atoms with Crippen molar-refractivity contribution in [3.8, 4) is 0 Å². The van der Waals surface area contributed by atoms with Gasteiger partial charge in [0.05, 0.1) is 11.1 Å². The lowest BCUT2D eigenvalue weighted by Crippen LogP contribution is -2.51. The van der Waals surface area contributed by atoms with E-state index in [1.807, 2.05) is 12.1 Å². The monoisotopic (exact) mass is 464 g/mol. The molecular formula is C29H40N2O3. The van der Waals surface area contributed by atoms with E-state index in [1.54, 1.807) is 24.3 Å². The Morgan fingerprint density at radius 3 is 1.59 bits per heavy atom. The second-order valence-corrected chi connectivity index (χ2v) is 9.54. The van der Waals surface area contributed by atoms with Gasteiger partial charge >= 0.3 is 0 Å². The number of hydrogen-bond acceptors (Lipinski definition) is 3. The minimum Gasteiger partial charge on any atom is -0.273 e. The largest absolute Gasteiger partial charge is 0.280 e. The van der Waals surface area contributed by atoms with Crippen molar-refractivity contribution in [2.75, 3.05) is 0 Å². The third kappa shape index (κ3) is 7.15. The van der Waals surface area contributed by atoms with E-state index in [-0.39, 0.29) is 5.91 Å². The zero-order chi connectivity index (χ0) is 24.2. The summed E-state index contributed by atoms with van der Waals surface area (Å²) in [6, 6.07) is 10.8. The highest BCUT2D eigenvalue weighted by atomic mass is 16.2. The topological polar surface area (TPSA) is 66.5 Å². The van der Waals surface area contributed by atoms with Crippen LogP contribution >= 0.6 is 0 Å². The van der Waals surface area contributed by atoms with Crippen LogP contribution in [0.25, 0.3) is 10.8 Å². The van der Waals surface area contributed by atoms with Crippen LogP contribution in [0.2, 0.25) is 0 Å². The van der Waals surface area contributed by atoms with Gasteiger partial charge in [-0.1, -0.05) is 115 Å². The molecule has 0 aromatic heterocycles. The van der Waals surface area contributed by atoms with Gasteiger partial charge in [-0.2, -0.15) is 5.01 Å². The molecule has 0 atom stereocenters. The summed E-state index contributed by atoms with van der Waals surface area (Å²) in [4.78, 5) is 38.1. The zero-order valence-electron chi connectivity index (χ0n) is 20.7. The van der Waals surface area contributed by atoms with Gasteiger partial charge in [-0.3, -0.25) is 19.8 Å². The molecule has 2 aromatic rings. The highest BCUT2D eigenvalue weighted by Gasteiger charge is 2.33. The smallest absolute Gasteiger partial charge is 0.273 e. The van der Waals surface area contributed by atoms with Crippen LogP contribution in [0.1, 0.15) is 124 Å². The summed E-state index contributed by atoms with van der Waals surface area (Å²) in [6.45, 7) is 2.26. The van der Waals surface area contributed by atoms with Crippen LogP contribution in [0.5, 0.6) is 0 Å². The summed E-state index contributed by atoms with van der Waals surface area (Å²) in [6.07, 6.45) is 17.9. The standard InChI is InChI=1S/C29H40N2O3/c1-2-3-4-5-6-7-8-9-10-11-12-13-14-15-22-26(32)30-31-28(33)24-20-16-18-23-19-17-21-25(27(23)24)29(31)34/h16-21H,2-15,22H2,1H3,(H,30,32). The van der Waals surface area contributed by atoms with E-state index < -0.39 is 11.8 Å². The summed E-state index contributed by atoms with van der Waals surface area (Å²) in [5.74, 6) is -1.22. The fourth-order valence-corrected chi connectivity index (χ4v) is 4.79. The first-order valence-corrected chi connectivity index (χ1v) is 13.3. The Bertz CT molecular complexity index is 918. The van der Waals surface area contributed by atoms with E-state index in [9.17, 15) is 14.4 Å². The molecule has 0 saturated carbocycles. The lowest BCUT2D eigenvalue weighted by Gasteiger charge is -2.27. The van der Waals surface area contributed by atoms with Crippen molar-refractivity contribution in [2.24, 2.45) is 0 Å². The first-order chi connectivity index (χ1) is 16.6. The Hall–Kier alpha value is -2.69. The van der Waals surface area contributed by atoms with Gasteiger partial charge in [0.2, 0.25) is 5.91 Å². The van der Waals surface area contributed by atoms with Crippen molar-refractivity contribution in [3.05, 3.63) is 47.5 Å². The third-order valence-electron chi connectivity index (χ3n) is 6.77. The minimum absolute atomic E-state index is 0.285. The number of nitrogens with zero attached hydrogens (tertiary/aromatic N) is 1. The molecule has 0 saturated heterocycles. The fraction of sp³-hybridized carbons (Fsp3) is 0.552. The lowest BCUT2D eigenvalue weighted by atomic mass is 9.95. The second kappa shape index (κ2) is 13.9. The maximum absolute atomic E-state index is 12.8. The summed E-state index contributed by atoms with van der Waals surface area (Å²) >= 11 is 0. The molecule has 0 spiro atoms. The number of hydrazine groups is 1. The summed E-state index contributed by atoms with van der Waals surface area (Å²) in [5, 5.41) is 2.39. The number of benzene rings is 2. The van der Waals surface area contributed by atoms with Crippen molar-refractivity contribution in [1.29, 1.82) is 0 Å². The Morgan fingerprint density at radius 1 is 0.676 bits per heavy atom. The predicted molar refractivity (Wildman–Crippen MR) is 138 cm³/mol. The van der Waals surface area contributed by atoms with E-state index in [4.69, 9.17) is 0 Å². The lowest BCUT2D eigenvalue weighted by molar-refractivity contribution is -0.124. The number of carbonyl (C=O) groups excluding carboxylic acids is 3. The van der Waals surface area contributed by atoms with E-state index in [1.165, 1.54) is 70.6 Å². The molecule has 34 heavy (non-hydrogen) atoms. The molecule has 5 heteroatoms. The maximum Gasteiger partial charge on any atom is 0.280 e. The van der Waals surface area contributed by atoms with Gasteiger partial charge in [-0.15, -0.1) is 0 Å². The third-order valence-corrected chi connectivity index (χ3v) is 6.77. The van der Waals surface area contributed by atoms with Crippen molar-refractivity contribution in [2.45, 2.75) is 103 Å². The summed E-state index contributed by atoms with van der Waals surface area (Å²) < 4.78 is 0. The van der Waals surface area contributed by atoms with Gasteiger partial charge < -0.3 is 0 Å². The number of unbranched alkanes of at least 4 members (excludes halogenated alkanes) is 13. The van der Waals surface area contributed by atoms with Gasteiger partial charge in [-0.25, -0.2) is 0 Å². The highest BCUT2D eigenvalue weighted by Crippen LogP contribution is 2.29. The number of hydrogen-bond donors (Lipinski definition) is 1. The van der Waals surface area contributed by atoms with Crippen molar-refractivity contribution >= 4 is 28.5 Å². The average molecular weight is 465 g/mol. The van der Waals surface area contributed by atoms with Crippen LogP contribution in [0.15, 0.2) is 36.4 Å². The van der Waals surface area contributed by atoms with Crippen molar-refractivity contribution in [3.63, 3.8) is 0 Å². The van der Waals surface area contributed by atoms with E-state index in [2.05, 4.69) is 12.3 Å². The molecule has 0 bridgehead atoms. The maximum atomic E-state index is 12.8. The molecule has 1 N–H and O–H groups in total. The Balaban J connectivity index is 1.28. The quantitative estimate of drug-likeness (QED) is 0.209. The molecule has 1 aliphatic heterocycles. The Kier molecular flexibility index (Phi) is 10.6. The SMILES string of the molecule is CCCCCCCCCCCCCCCCC(=O)NN1C(=O)c2cccc3cccc(c23)C1=O. The molecular weight excluding hydrogens is 424 g/mol. The first-order valence-electron chi connectivity index (χ1n) is 13.3. The molecule has 5 nitrogen and oxygen atoms in total. The van der Waals surface area contributed by atoms with Gasteiger partial charge in [0.15, 0.2) is 0 Å². The van der Waals surface area contributed by atoms with Crippen molar-refractivity contribution < 1.29 is 14.4 Å². The van der Waals surface area contributed by atoms with Crippen LogP contribution in [0, 0.1) is 0 Å². The molecule has 3 rings (SSSR count). The summed E-state index contributed by atoms with van der Waals surface area (Å²) in [7, 11) is 0. The summed E-state index contributed by atoms with van der Waals surface area (Å²) in [5.41, 5.74) is 3.44. The Labute approximate surface area is 204 Å². The normalized spacial score (nSPS) is 13.0. The van der Waals surface area contributed by atoms with E-state index in [0.29, 0.717) is 22.9 Å². The van der Waals surface area contributed by atoms with Gasteiger partial charge in [0.25, 0.3) is 11.8 Å². The molecule has 0 radical (unpaired) electrons. The number of imide groups is 1. The molecule has 184 valence electrons. The second-order valence-electron chi connectivity index (χ2n) is 9.54. The molecule has 0 unspecified atom stereocenters. The number of nitrogens with one attached hydrogen (secondary N) is 1. The number of amides is 3. The van der Waals surface area contributed by atoms with Crippen LogP contribution < -0.4 is 5.43 Å². The van der Waals surface area contributed by atoms with E-state index in [0.717, 1.165) is 29.7 Å². The minimum atomic E-state index is -0.469. The predicted octanol–water partition coefficient (Wildman–Crippen LogP) is 7.34. The first kappa shape index (κ1) is 25.9. The van der Waals surface area contributed by atoms with Gasteiger partial charge in [0.1, 0.15) is 0 Å². The molecule has 1 heterocycles. The molecule has 0 fully saturated rings. The van der Waals surface area contributed by atoms with Gasteiger partial charge in [-0.05, 0) is 23.9 Å². The van der Waals surface area contributed by atoms with Crippen LogP contribution in [0.4, 0.5) is 0 Å². The zero-order valence-corrected chi connectivity index (χ0v) is 20.7. The number of carbonyl (C=O) groups is 3. The molecule has 0 aliphatic carbocycles. The van der Waals surface area contributed by atoms with Crippen LogP contribution in [-0.4, -0.2) is 22.7 Å². The molecule has 2 aromatic carbocycles. The highest BCUT2D eigenvalue weighted by molar-refractivity contribution is 6.25. The average Bonchev–Trinajstić information content (AvgIpc) is 2.85. The Morgan fingerprint density at radius 2 is 1.12 bits per heavy atom. The molecule has 1 aliphatic rings. The van der Waals surface area contributed by atoms with Gasteiger partial charge in [0, 0.05) is 11.8 Å². The van der Waals surface area contributed by atoms with Crippen LogP contribution in [0.3, 0.4) is 0 Å². The molecule has 3 amide bonds. The number of rotatable bonds is 16. The van der Waals surface area contributed by atoms with Crippen molar-refractivity contribution in [1.82, 2.24) is 10.4 Å².